The summed E-state index contributed by atoms with van der Waals surface area (Å²) >= 11 is 0. The average molecular weight is 474 g/mol. The first-order valence-corrected chi connectivity index (χ1v) is 11.4. The minimum Gasteiger partial charge on any atom is -0.439 e. The Kier molecular flexibility index (Phi) is 7.57. The molecular formula is C28H28FN3O3. The van der Waals surface area contributed by atoms with E-state index in [-0.39, 0.29) is 18.7 Å². The molecule has 6 nitrogen and oxygen atoms in total. The van der Waals surface area contributed by atoms with Gasteiger partial charge in [0.15, 0.2) is 0 Å². The number of ether oxygens (including phenoxy) is 2. The number of carbonyl (C=O) groups is 1. The van der Waals surface area contributed by atoms with Gasteiger partial charge in [-0.15, -0.1) is 0 Å². The molecule has 0 bridgehead atoms. The molecule has 0 aliphatic rings. The van der Waals surface area contributed by atoms with Crippen molar-refractivity contribution < 1.29 is 18.7 Å². The van der Waals surface area contributed by atoms with Crippen LogP contribution in [0.2, 0.25) is 0 Å². The minimum absolute atomic E-state index is 0.0119. The van der Waals surface area contributed by atoms with Crippen molar-refractivity contribution in [3.8, 4) is 17.3 Å². The van der Waals surface area contributed by atoms with Crippen LogP contribution in [0.3, 0.4) is 0 Å². The molecule has 0 unspecified atom stereocenters. The standard InChI is InChI=1S/C28H28FN3O3/c1-20-10-9-13-23(18-20)35-28-25(21(2)30-32(28)22-11-5-4-6-12-22)19-31(16-17-34-3)27(33)24-14-7-8-15-26(24)29/h4-15,18H,16-17,19H2,1-3H3. The zero-order chi connectivity index (χ0) is 24.8. The predicted octanol–water partition coefficient (Wildman–Crippen LogP) is 5.71. The van der Waals surface area contributed by atoms with Crippen LogP contribution in [0.4, 0.5) is 4.39 Å². The molecule has 0 fully saturated rings. The molecule has 3 aromatic carbocycles. The highest BCUT2D eigenvalue weighted by Crippen LogP contribution is 2.32. The number of hydrogen-bond donors (Lipinski definition) is 0. The Bertz CT molecular complexity index is 1300. The number of carbonyl (C=O) groups excluding carboxylic acids is 1. The highest BCUT2D eigenvalue weighted by Gasteiger charge is 2.25. The monoisotopic (exact) mass is 473 g/mol. The number of aryl methyl sites for hydroxylation is 2. The number of hydrogen-bond acceptors (Lipinski definition) is 4. The van der Waals surface area contributed by atoms with Crippen LogP contribution < -0.4 is 4.74 Å². The Morgan fingerprint density at radius 3 is 2.46 bits per heavy atom. The topological polar surface area (TPSA) is 56.6 Å². The predicted molar refractivity (Wildman–Crippen MR) is 133 cm³/mol. The summed E-state index contributed by atoms with van der Waals surface area (Å²) in [4.78, 5) is 14.9. The highest BCUT2D eigenvalue weighted by atomic mass is 19.1. The Hall–Kier alpha value is -3.97. The van der Waals surface area contributed by atoms with E-state index in [0.717, 1.165) is 16.8 Å². The normalized spacial score (nSPS) is 10.9. The molecule has 1 aromatic heterocycles. The molecule has 0 saturated carbocycles. The summed E-state index contributed by atoms with van der Waals surface area (Å²) in [5, 5.41) is 4.73. The Balaban J connectivity index is 1.77. The van der Waals surface area contributed by atoms with Crippen molar-refractivity contribution in [2.45, 2.75) is 20.4 Å². The molecule has 180 valence electrons. The Morgan fingerprint density at radius 1 is 1.00 bits per heavy atom. The van der Waals surface area contributed by atoms with Gasteiger partial charge in [0.25, 0.3) is 5.91 Å². The summed E-state index contributed by atoms with van der Waals surface area (Å²) in [5.41, 5.74) is 3.34. The Morgan fingerprint density at radius 2 is 1.74 bits per heavy atom. The van der Waals surface area contributed by atoms with Gasteiger partial charge in [-0.1, -0.05) is 42.5 Å². The van der Waals surface area contributed by atoms with Crippen LogP contribution in [0.5, 0.6) is 11.6 Å². The fourth-order valence-corrected chi connectivity index (χ4v) is 3.81. The molecular weight excluding hydrogens is 445 g/mol. The third kappa shape index (κ3) is 5.58. The van der Waals surface area contributed by atoms with Crippen molar-refractivity contribution in [1.82, 2.24) is 14.7 Å². The number of aromatic nitrogens is 2. The summed E-state index contributed by atoms with van der Waals surface area (Å²) in [7, 11) is 1.57. The van der Waals surface area contributed by atoms with E-state index in [1.165, 1.54) is 12.1 Å². The maximum absolute atomic E-state index is 14.5. The fraction of sp³-hybridized carbons (Fsp3) is 0.214. The van der Waals surface area contributed by atoms with Crippen LogP contribution in [-0.2, 0) is 11.3 Å². The molecule has 7 heteroatoms. The molecule has 1 heterocycles. The molecule has 0 spiro atoms. The van der Waals surface area contributed by atoms with Crippen molar-refractivity contribution in [3.63, 3.8) is 0 Å². The largest absolute Gasteiger partial charge is 0.439 e. The first kappa shape index (κ1) is 24.2. The van der Waals surface area contributed by atoms with Gasteiger partial charge in [0.2, 0.25) is 5.88 Å². The summed E-state index contributed by atoms with van der Waals surface area (Å²) in [5.74, 6) is 0.177. The number of methoxy groups -OCH3 is 1. The number of nitrogens with zero attached hydrogens (tertiary/aromatic N) is 3. The van der Waals surface area contributed by atoms with Crippen LogP contribution in [0.25, 0.3) is 5.69 Å². The molecule has 4 rings (SSSR count). The number of benzene rings is 3. The van der Waals surface area contributed by atoms with Crippen LogP contribution in [0.1, 0.15) is 27.2 Å². The minimum atomic E-state index is -0.562. The van der Waals surface area contributed by atoms with E-state index in [4.69, 9.17) is 14.6 Å². The van der Waals surface area contributed by atoms with Gasteiger partial charge in [0, 0.05) is 13.7 Å². The van der Waals surface area contributed by atoms with E-state index in [1.807, 2.05) is 68.4 Å². The number of halogens is 1. The van der Waals surface area contributed by atoms with Gasteiger partial charge in [0.1, 0.15) is 11.6 Å². The summed E-state index contributed by atoms with van der Waals surface area (Å²) in [6.45, 7) is 4.63. The maximum Gasteiger partial charge on any atom is 0.257 e. The highest BCUT2D eigenvalue weighted by molar-refractivity contribution is 5.94. The molecule has 0 aliphatic carbocycles. The second kappa shape index (κ2) is 11.0. The second-order valence-electron chi connectivity index (χ2n) is 8.23. The first-order chi connectivity index (χ1) is 17.0. The number of para-hydroxylation sites is 1. The van der Waals surface area contributed by atoms with E-state index < -0.39 is 11.7 Å². The molecule has 35 heavy (non-hydrogen) atoms. The maximum atomic E-state index is 14.5. The van der Waals surface area contributed by atoms with Gasteiger partial charge < -0.3 is 14.4 Å². The van der Waals surface area contributed by atoms with Crippen molar-refractivity contribution >= 4 is 5.91 Å². The van der Waals surface area contributed by atoms with Crippen LogP contribution in [-0.4, -0.2) is 40.8 Å². The SMILES string of the molecule is COCCN(Cc1c(C)nn(-c2ccccc2)c1Oc1cccc(C)c1)C(=O)c1ccccc1F. The quantitative estimate of drug-likeness (QED) is 0.313. The van der Waals surface area contributed by atoms with E-state index >= 15 is 0 Å². The van der Waals surface area contributed by atoms with E-state index in [1.54, 1.807) is 28.8 Å². The number of rotatable bonds is 9. The van der Waals surface area contributed by atoms with Crippen molar-refractivity contribution in [2.75, 3.05) is 20.3 Å². The molecule has 0 saturated heterocycles. The summed E-state index contributed by atoms with van der Waals surface area (Å²) in [6, 6.07) is 23.4. The van der Waals surface area contributed by atoms with Crippen LogP contribution >= 0.6 is 0 Å². The van der Waals surface area contributed by atoms with Gasteiger partial charge in [-0.25, -0.2) is 9.07 Å². The molecule has 0 radical (unpaired) electrons. The molecule has 4 aromatic rings. The molecule has 1 amide bonds. The first-order valence-electron chi connectivity index (χ1n) is 11.4. The lowest BCUT2D eigenvalue weighted by Crippen LogP contribution is -2.34. The summed E-state index contributed by atoms with van der Waals surface area (Å²) in [6.07, 6.45) is 0. The zero-order valence-electron chi connectivity index (χ0n) is 20.1. The van der Waals surface area contributed by atoms with Crippen molar-refractivity contribution in [3.05, 3.63) is 107 Å². The van der Waals surface area contributed by atoms with Gasteiger partial charge in [-0.05, 0) is 55.8 Å². The van der Waals surface area contributed by atoms with E-state index in [0.29, 0.717) is 23.9 Å². The second-order valence-corrected chi connectivity index (χ2v) is 8.23. The Labute approximate surface area is 204 Å². The lowest BCUT2D eigenvalue weighted by Gasteiger charge is -2.23. The van der Waals surface area contributed by atoms with Gasteiger partial charge in [0.05, 0.1) is 35.7 Å². The van der Waals surface area contributed by atoms with Gasteiger partial charge in [-0.3, -0.25) is 4.79 Å². The molecule has 0 aliphatic heterocycles. The average Bonchev–Trinajstić information content (AvgIpc) is 3.16. The van der Waals surface area contributed by atoms with Crippen LogP contribution in [0, 0.1) is 19.7 Å². The van der Waals surface area contributed by atoms with Crippen LogP contribution in [0.15, 0.2) is 78.9 Å². The number of amides is 1. The fourth-order valence-electron chi connectivity index (χ4n) is 3.81. The van der Waals surface area contributed by atoms with Gasteiger partial charge in [-0.2, -0.15) is 5.10 Å². The molecule has 0 N–H and O–H groups in total. The van der Waals surface area contributed by atoms with Gasteiger partial charge >= 0.3 is 0 Å². The van der Waals surface area contributed by atoms with E-state index in [9.17, 15) is 9.18 Å². The lowest BCUT2D eigenvalue weighted by molar-refractivity contribution is 0.0674. The third-order valence-corrected chi connectivity index (χ3v) is 5.65. The van der Waals surface area contributed by atoms with E-state index in [2.05, 4.69) is 0 Å². The zero-order valence-corrected chi connectivity index (χ0v) is 20.1. The molecule has 0 atom stereocenters. The van der Waals surface area contributed by atoms with Crippen molar-refractivity contribution in [2.24, 2.45) is 0 Å². The smallest absolute Gasteiger partial charge is 0.257 e. The van der Waals surface area contributed by atoms with Crippen molar-refractivity contribution in [1.29, 1.82) is 0 Å². The lowest BCUT2D eigenvalue weighted by atomic mass is 10.1. The summed E-state index contributed by atoms with van der Waals surface area (Å²) < 4.78 is 27.8. The third-order valence-electron chi connectivity index (χ3n) is 5.65.